The highest BCUT2D eigenvalue weighted by Gasteiger charge is 2.34. The minimum atomic E-state index is 0.152. The first kappa shape index (κ1) is 49.9. The van der Waals surface area contributed by atoms with Crippen molar-refractivity contribution in [3.8, 4) is 16.8 Å². The predicted molar refractivity (Wildman–Crippen MR) is 337 cm³/mol. The van der Waals surface area contributed by atoms with E-state index in [1.54, 1.807) is 0 Å². The van der Waals surface area contributed by atoms with Crippen LogP contribution in [0.5, 0.6) is 0 Å². The summed E-state index contributed by atoms with van der Waals surface area (Å²) in [5, 5.41) is 10.5. The molecule has 0 spiro atoms. The van der Waals surface area contributed by atoms with Gasteiger partial charge in [-0.2, -0.15) is 0 Å². The third-order valence-electron chi connectivity index (χ3n) is 15.5. The molecule has 4 heterocycles. The van der Waals surface area contributed by atoms with E-state index >= 15 is 0 Å². The van der Waals surface area contributed by atoms with Gasteiger partial charge in [-0.1, -0.05) is 206 Å². The second-order valence-corrected chi connectivity index (χ2v) is 22.3. The third-order valence-corrected chi connectivity index (χ3v) is 16.6. The third kappa shape index (κ3) is 9.33. The van der Waals surface area contributed by atoms with Crippen LogP contribution in [0, 0.1) is 27.7 Å². The number of thiophene rings is 1. The Morgan fingerprint density at radius 3 is 1.51 bits per heavy atom. The molecule has 0 N–H and O–H groups in total. The maximum Gasteiger partial charge on any atom is 0.135 e. The average Bonchev–Trinajstić information content (AvgIpc) is 4.38. The lowest BCUT2D eigenvalue weighted by molar-refractivity contribution is 0.660. The van der Waals surface area contributed by atoms with Gasteiger partial charge in [0.05, 0.1) is 11.0 Å². The van der Waals surface area contributed by atoms with E-state index in [-0.39, 0.29) is 5.41 Å². The molecular weight excluding hydrogens is 965 g/mol. The Hall–Kier alpha value is -8.96. The molecule has 1 aliphatic rings. The van der Waals surface area contributed by atoms with Gasteiger partial charge in [-0.3, -0.25) is 0 Å². The molecule has 15 aromatic rings. The van der Waals surface area contributed by atoms with Crippen LogP contribution in [0.2, 0.25) is 0 Å². The zero-order valence-electron chi connectivity index (χ0n) is 45.4. The van der Waals surface area contributed by atoms with Gasteiger partial charge in [0.15, 0.2) is 0 Å². The van der Waals surface area contributed by atoms with Gasteiger partial charge in [0.25, 0.3) is 0 Å². The summed E-state index contributed by atoms with van der Waals surface area (Å²) in [6.07, 6.45) is 0. The first-order valence-electron chi connectivity index (χ1n) is 27.0. The van der Waals surface area contributed by atoms with Gasteiger partial charge in [-0.05, 0) is 129 Å². The van der Waals surface area contributed by atoms with E-state index in [9.17, 15) is 0 Å². The van der Waals surface area contributed by atoms with Crippen LogP contribution in [-0.4, -0.2) is 9.13 Å². The van der Waals surface area contributed by atoms with E-state index in [2.05, 4.69) is 282 Å². The van der Waals surface area contributed by atoms with Crippen molar-refractivity contribution in [1.82, 2.24) is 9.13 Å². The summed E-state index contributed by atoms with van der Waals surface area (Å²) in [4.78, 5) is 0. The highest BCUT2D eigenvalue weighted by molar-refractivity contribution is 7.25. The van der Waals surface area contributed by atoms with Crippen molar-refractivity contribution < 1.29 is 4.42 Å². The molecule has 0 radical (unpaired) electrons. The largest absolute Gasteiger partial charge is 0.456 e. The van der Waals surface area contributed by atoms with Crippen molar-refractivity contribution in [1.29, 1.82) is 0 Å². The molecule has 16 rings (SSSR count). The number of hydrogen-bond acceptors (Lipinski definition) is 2. The predicted octanol–water partition coefficient (Wildman–Crippen LogP) is 21.0. The van der Waals surface area contributed by atoms with E-state index in [4.69, 9.17) is 4.42 Å². The molecule has 78 heavy (non-hydrogen) atoms. The van der Waals surface area contributed by atoms with Gasteiger partial charge in [0.2, 0.25) is 0 Å². The smallest absolute Gasteiger partial charge is 0.135 e. The number of fused-ring (bicyclic) bond motifs is 15. The van der Waals surface area contributed by atoms with Gasteiger partial charge in [0.1, 0.15) is 11.2 Å². The maximum absolute atomic E-state index is 5.71. The molecule has 4 aromatic heterocycles. The zero-order chi connectivity index (χ0) is 53.5. The highest BCUT2D eigenvalue weighted by atomic mass is 32.1. The van der Waals surface area contributed by atoms with Crippen LogP contribution in [0.25, 0.3) is 103 Å². The molecule has 0 atom stereocenters. The number of nitrogens with zero attached hydrogens (tertiary/aromatic N) is 2. The van der Waals surface area contributed by atoms with Crippen LogP contribution in [0.4, 0.5) is 0 Å². The summed E-state index contributed by atoms with van der Waals surface area (Å²) in [7, 11) is 2.12. The highest BCUT2D eigenvalue weighted by Crippen LogP contribution is 2.48. The summed E-state index contributed by atoms with van der Waals surface area (Å²) < 4.78 is 13.1. The first-order valence-corrected chi connectivity index (χ1v) is 27.8. The van der Waals surface area contributed by atoms with Crippen LogP contribution in [0.15, 0.2) is 253 Å². The Bertz CT molecular complexity index is 4490. The molecule has 3 nitrogen and oxygen atoms in total. The number of benzene rings is 11. The minimum absolute atomic E-state index is 0.152. The lowest BCUT2D eigenvalue weighted by atomic mass is 9.82. The van der Waals surface area contributed by atoms with Gasteiger partial charge in [-0.25, -0.2) is 0 Å². The van der Waals surface area contributed by atoms with E-state index in [1.807, 2.05) is 35.6 Å². The minimum Gasteiger partial charge on any atom is -0.456 e. The Balaban J connectivity index is 0.0000000984. The molecule has 0 unspecified atom stereocenters. The summed E-state index contributed by atoms with van der Waals surface area (Å²) in [6, 6.07) is 88.1. The van der Waals surface area contributed by atoms with Crippen molar-refractivity contribution >= 4 is 97.1 Å². The summed E-state index contributed by atoms with van der Waals surface area (Å²) in [5.74, 6) is 0. The van der Waals surface area contributed by atoms with Gasteiger partial charge < -0.3 is 13.6 Å². The van der Waals surface area contributed by atoms with E-state index in [0.717, 1.165) is 11.2 Å². The second-order valence-electron chi connectivity index (χ2n) is 21.2. The van der Waals surface area contributed by atoms with Crippen molar-refractivity contribution in [2.24, 2.45) is 7.05 Å². The van der Waals surface area contributed by atoms with Crippen LogP contribution < -0.4 is 0 Å². The maximum atomic E-state index is 5.71. The number of aryl methyl sites for hydroxylation is 5. The Morgan fingerprint density at radius 2 is 0.795 bits per heavy atom. The Kier molecular flexibility index (Phi) is 13.4. The van der Waals surface area contributed by atoms with Crippen molar-refractivity contribution in [3.05, 3.63) is 282 Å². The number of aromatic nitrogens is 2. The normalized spacial score (nSPS) is 12.1. The number of hydrogen-bond donors (Lipinski definition) is 0. The van der Waals surface area contributed by atoms with E-state index < -0.39 is 0 Å². The SMILES string of the molecule is Cc1ccc2c(c1)-c1ccccc1C2(C)C.Cc1ccc2c(c1)c1ccccc1n2-c1ccccc1.Cc1ccc2oc3ccccc3c2c1.Cc1ccc2sc3ccccc3c2c1.Cn1c2ccccc2c2ccccc21. The Labute approximate surface area is 460 Å². The molecule has 11 aromatic carbocycles. The molecule has 380 valence electrons. The number of furan rings is 1. The van der Waals surface area contributed by atoms with Gasteiger partial charge >= 0.3 is 0 Å². The topological polar surface area (TPSA) is 23.0 Å². The van der Waals surface area contributed by atoms with E-state index in [0.29, 0.717) is 0 Å². The fourth-order valence-corrected chi connectivity index (χ4v) is 12.7. The Morgan fingerprint density at radius 1 is 0.333 bits per heavy atom. The summed E-state index contributed by atoms with van der Waals surface area (Å²) in [5.41, 5.74) is 19.4. The van der Waals surface area contributed by atoms with Gasteiger partial charge in [-0.15, -0.1) is 11.3 Å². The fourth-order valence-electron chi connectivity index (χ4n) is 11.6. The van der Waals surface area contributed by atoms with Crippen molar-refractivity contribution in [2.45, 2.75) is 47.0 Å². The molecule has 1 aliphatic carbocycles. The van der Waals surface area contributed by atoms with Gasteiger partial charge in [0, 0.05) is 81.7 Å². The second kappa shape index (κ2) is 20.9. The number of para-hydroxylation sites is 5. The standard InChI is InChI=1S/C19H15N.C16H16.C13H11N.C13H10O.C13H10S/c1-14-11-12-19-17(13-14)16-9-5-6-10-18(16)20(19)15-7-3-2-4-8-15;1-11-8-9-15-13(10-11)12-6-4-5-7-14(12)16(15,2)3;1-14-12-8-4-2-6-10(12)11-7-3-5-9-13(11)14;2*1-9-6-7-13-11(8-9)10-4-2-3-5-12(10)14-13/h2-13H,1H3;4-10H,1-3H3;2-9H,1H3;2*2-8H,1H3. The number of rotatable bonds is 1. The van der Waals surface area contributed by atoms with E-state index in [1.165, 1.54) is 125 Å². The molecule has 0 saturated carbocycles. The molecule has 0 fully saturated rings. The van der Waals surface area contributed by atoms with Crippen LogP contribution in [-0.2, 0) is 12.5 Å². The van der Waals surface area contributed by atoms with Crippen molar-refractivity contribution in [2.75, 3.05) is 0 Å². The lowest BCUT2D eigenvalue weighted by Gasteiger charge is -2.21. The first-order chi connectivity index (χ1) is 38.0. The molecule has 0 aliphatic heterocycles. The molecule has 0 amide bonds. The lowest BCUT2D eigenvalue weighted by Crippen LogP contribution is -2.14. The molecule has 0 saturated heterocycles. The fraction of sp³-hybridized carbons (Fsp3) is 0.108. The van der Waals surface area contributed by atoms with Crippen molar-refractivity contribution in [3.63, 3.8) is 0 Å². The molecular formula is C74H62N2OS. The van der Waals surface area contributed by atoms with Crippen LogP contribution >= 0.6 is 11.3 Å². The van der Waals surface area contributed by atoms with Crippen LogP contribution in [0.1, 0.15) is 47.2 Å². The zero-order valence-corrected chi connectivity index (χ0v) is 46.2. The summed E-state index contributed by atoms with van der Waals surface area (Å²) >= 11 is 1.87. The quantitative estimate of drug-likeness (QED) is 0.161. The van der Waals surface area contributed by atoms with Crippen LogP contribution in [0.3, 0.4) is 0 Å². The molecule has 4 heteroatoms. The molecule has 0 bridgehead atoms. The summed E-state index contributed by atoms with van der Waals surface area (Å²) in [6.45, 7) is 13.2. The average molecular weight is 1030 g/mol. The monoisotopic (exact) mass is 1030 g/mol.